The molecule has 1 amide bonds. The maximum absolute atomic E-state index is 11.1. The molecule has 1 fully saturated rings. The van der Waals surface area contributed by atoms with Crippen molar-refractivity contribution in [3.8, 4) is 0 Å². The van der Waals surface area contributed by atoms with Gasteiger partial charge in [-0.15, -0.1) is 0 Å². The molecule has 1 aliphatic heterocycles. The second kappa shape index (κ2) is 3.96. The van der Waals surface area contributed by atoms with E-state index < -0.39 is 0 Å². The maximum atomic E-state index is 11.1. The predicted octanol–water partition coefficient (Wildman–Crippen LogP) is 0.873. The Labute approximate surface area is 79.0 Å². The van der Waals surface area contributed by atoms with Crippen LogP contribution in [0.1, 0.15) is 26.7 Å². The fourth-order valence-electron chi connectivity index (χ4n) is 1.71. The third kappa shape index (κ3) is 2.12. The molecule has 1 saturated heterocycles. The Morgan fingerprint density at radius 2 is 2.15 bits per heavy atom. The number of carbonyl (C=O) groups is 1. The molecule has 0 aliphatic carbocycles. The van der Waals surface area contributed by atoms with E-state index in [0.717, 1.165) is 19.4 Å². The van der Waals surface area contributed by atoms with E-state index in [2.05, 4.69) is 29.2 Å². The van der Waals surface area contributed by atoms with Crippen LogP contribution < -0.4 is 10.6 Å². The summed E-state index contributed by atoms with van der Waals surface area (Å²) < 4.78 is 4.61. The summed E-state index contributed by atoms with van der Waals surface area (Å²) in [6, 6.07) is 0.418. The molecule has 4 nitrogen and oxygen atoms in total. The smallest absolute Gasteiger partial charge is 0.407 e. The summed E-state index contributed by atoms with van der Waals surface area (Å²) in [5.74, 6) is 0. The SMILES string of the molecule is CCC(CC)(NC(=O)OC)C1CN1. The molecule has 0 aromatic rings. The molecule has 1 unspecified atom stereocenters. The highest BCUT2D eigenvalue weighted by Crippen LogP contribution is 2.25. The lowest BCUT2D eigenvalue weighted by Gasteiger charge is -2.31. The molecule has 13 heavy (non-hydrogen) atoms. The summed E-state index contributed by atoms with van der Waals surface area (Å²) in [5.41, 5.74) is -0.118. The average Bonchev–Trinajstić information content (AvgIpc) is 2.97. The lowest BCUT2D eigenvalue weighted by molar-refractivity contribution is 0.151. The van der Waals surface area contributed by atoms with Crippen LogP contribution in [0.5, 0.6) is 0 Å². The van der Waals surface area contributed by atoms with Crippen LogP contribution >= 0.6 is 0 Å². The van der Waals surface area contributed by atoms with Crippen LogP contribution in [0.3, 0.4) is 0 Å². The molecule has 0 spiro atoms. The summed E-state index contributed by atoms with van der Waals surface area (Å²) >= 11 is 0. The number of alkyl carbamates (subject to hydrolysis) is 1. The first-order chi connectivity index (χ1) is 6.18. The van der Waals surface area contributed by atoms with Gasteiger partial charge in [0.1, 0.15) is 0 Å². The molecule has 0 radical (unpaired) electrons. The van der Waals surface area contributed by atoms with Crippen LogP contribution in [0.25, 0.3) is 0 Å². The highest BCUT2D eigenvalue weighted by molar-refractivity contribution is 5.68. The van der Waals surface area contributed by atoms with Gasteiger partial charge in [0.15, 0.2) is 0 Å². The number of hydrogen-bond donors (Lipinski definition) is 2. The van der Waals surface area contributed by atoms with Crippen molar-refractivity contribution in [2.75, 3.05) is 13.7 Å². The van der Waals surface area contributed by atoms with Crippen molar-refractivity contribution in [3.05, 3.63) is 0 Å². The molecular formula is C9H18N2O2. The monoisotopic (exact) mass is 186 g/mol. The summed E-state index contributed by atoms with van der Waals surface area (Å²) in [6.07, 6.45) is 1.52. The van der Waals surface area contributed by atoms with E-state index in [0.29, 0.717) is 6.04 Å². The number of ether oxygens (including phenoxy) is 1. The van der Waals surface area contributed by atoms with E-state index >= 15 is 0 Å². The minimum Gasteiger partial charge on any atom is -0.453 e. The second-order valence-corrected chi connectivity index (χ2v) is 3.44. The molecule has 0 aromatic heterocycles. The summed E-state index contributed by atoms with van der Waals surface area (Å²) in [4.78, 5) is 11.1. The summed E-state index contributed by atoms with van der Waals surface area (Å²) in [7, 11) is 1.39. The minimum atomic E-state index is -0.336. The molecule has 0 aromatic carbocycles. The quantitative estimate of drug-likeness (QED) is 0.640. The Bertz CT molecular complexity index is 186. The molecule has 1 heterocycles. The van der Waals surface area contributed by atoms with Crippen molar-refractivity contribution < 1.29 is 9.53 Å². The molecule has 2 N–H and O–H groups in total. The molecule has 76 valence electrons. The van der Waals surface area contributed by atoms with E-state index in [1.165, 1.54) is 7.11 Å². The van der Waals surface area contributed by atoms with Crippen molar-refractivity contribution in [2.24, 2.45) is 0 Å². The Balaban J connectivity index is 2.59. The van der Waals surface area contributed by atoms with E-state index in [4.69, 9.17) is 0 Å². The fraction of sp³-hybridized carbons (Fsp3) is 0.889. The van der Waals surface area contributed by atoms with Gasteiger partial charge in [-0.1, -0.05) is 13.8 Å². The van der Waals surface area contributed by atoms with Crippen molar-refractivity contribution in [3.63, 3.8) is 0 Å². The van der Waals surface area contributed by atoms with Gasteiger partial charge in [0.2, 0.25) is 0 Å². The predicted molar refractivity (Wildman–Crippen MR) is 50.6 cm³/mol. The standard InChI is InChI=1S/C9H18N2O2/c1-4-9(5-2,7-6-10-7)11-8(12)13-3/h7,10H,4-6H2,1-3H3,(H,11,12). The minimum absolute atomic E-state index is 0.118. The normalized spacial score (nSPS) is 21.0. The third-order valence-corrected chi connectivity index (χ3v) is 2.87. The van der Waals surface area contributed by atoms with Crippen molar-refractivity contribution in [1.82, 2.24) is 10.6 Å². The van der Waals surface area contributed by atoms with Gasteiger partial charge in [-0.2, -0.15) is 0 Å². The van der Waals surface area contributed by atoms with E-state index in [1.54, 1.807) is 0 Å². The summed E-state index contributed by atoms with van der Waals surface area (Å²) in [5, 5.41) is 6.15. The number of amides is 1. The lowest BCUT2D eigenvalue weighted by Crippen LogP contribution is -2.52. The van der Waals surface area contributed by atoms with Crippen LogP contribution in [0.2, 0.25) is 0 Å². The van der Waals surface area contributed by atoms with Gasteiger partial charge < -0.3 is 15.4 Å². The Hall–Kier alpha value is -0.770. The lowest BCUT2D eigenvalue weighted by atomic mass is 9.89. The van der Waals surface area contributed by atoms with Crippen LogP contribution in [0.15, 0.2) is 0 Å². The zero-order valence-electron chi connectivity index (χ0n) is 8.52. The van der Waals surface area contributed by atoms with Gasteiger partial charge >= 0.3 is 6.09 Å². The molecule has 1 atom stereocenters. The number of rotatable bonds is 4. The topological polar surface area (TPSA) is 60.3 Å². The molecular weight excluding hydrogens is 168 g/mol. The van der Waals surface area contributed by atoms with Crippen LogP contribution in [-0.4, -0.2) is 31.3 Å². The van der Waals surface area contributed by atoms with E-state index in [1.807, 2.05) is 0 Å². The second-order valence-electron chi connectivity index (χ2n) is 3.44. The van der Waals surface area contributed by atoms with Crippen LogP contribution in [0.4, 0.5) is 4.79 Å². The van der Waals surface area contributed by atoms with Crippen molar-refractivity contribution in [2.45, 2.75) is 38.3 Å². The maximum Gasteiger partial charge on any atom is 0.407 e. The first-order valence-corrected chi connectivity index (χ1v) is 4.78. The summed E-state index contributed by atoms with van der Waals surface area (Å²) in [6.45, 7) is 5.16. The zero-order chi connectivity index (χ0) is 9.90. The van der Waals surface area contributed by atoms with Gasteiger partial charge in [-0.05, 0) is 12.8 Å². The highest BCUT2D eigenvalue weighted by atomic mass is 16.5. The highest BCUT2D eigenvalue weighted by Gasteiger charge is 2.43. The van der Waals surface area contributed by atoms with Crippen LogP contribution in [0, 0.1) is 0 Å². The van der Waals surface area contributed by atoms with Gasteiger partial charge in [-0.25, -0.2) is 4.79 Å². The van der Waals surface area contributed by atoms with Gasteiger partial charge in [0, 0.05) is 12.6 Å². The van der Waals surface area contributed by atoms with Crippen molar-refractivity contribution >= 4 is 6.09 Å². The molecule has 4 heteroatoms. The molecule has 0 saturated carbocycles. The Morgan fingerprint density at radius 3 is 2.46 bits per heavy atom. The van der Waals surface area contributed by atoms with E-state index in [-0.39, 0.29) is 11.6 Å². The van der Waals surface area contributed by atoms with Crippen molar-refractivity contribution in [1.29, 1.82) is 0 Å². The number of nitrogens with one attached hydrogen (secondary N) is 2. The van der Waals surface area contributed by atoms with E-state index in [9.17, 15) is 4.79 Å². The first kappa shape index (κ1) is 10.3. The largest absolute Gasteiger partial charge is 0.453 e. The Morgan fingerprint density at radius 1 is 1.62 bits per heavy atom. The van der Waals surface area contributed by atoms with Gasteiger partial charge in [-0.3, -0.25) is 0 Å². The Kier molecular flexibility index (Phi) is 3.14. The molecule has 1 rings (SSSR count). The average molecular weight is 186 g/mol. The van der Waals surface area contributed by atoms with Gasteiger partial charge in [0.25, 0.3) is 0 Å². The number of methoxy groups -OCH3 is 1. The first-order valence-electron chi connectivity index (χ1n) is 4.78. The fourth-order valence-corrected chi connectivity index (χ4v) is 1.71. The molecule has 1 aliphatic rings. The third-order valence-electron chi connectivity index (χ3n) is 2.87. The molecule has 0 bridgehead atoms. The zero-order valence-corrected chi connectivity index (χ0v) is 8.52. The van der Waals surface area contributed by atoms with Gasteiger partial charge in [0.05, 0.1) is 12.6 Å². The van der Waals surface area contributed by atoms with Crippen LogP contribution in [-0.2, 0) is 4.74 Å². The number of carbonyl (C=O) groups excluding carboxylic acids is 1. The number of hydrogen-bond acceptors (Lipinski definition) is 3.